The highest BCUT2D eigenvalue weighted by atomic mass is 31.1. The molecule has 0 saturated heterocycles. The maximum atomic E-state index is 6.10. The van der Waals surface area contributed by atoms with Gasteiger partial charge in [0.15, 0.2) is 13.6 Å². The molecule has 4 aromatic rings. The predicted octanol–water partition coefficient (Wildman–Crippen LogP) is 5.80. The monoisotopic (exact) mass is 448 g/mol. The molecule has 0 atom stereocenters. The first-order valence-corrected chi connectivity index (χ1v) is 12.4. The molecule has 0 aromatic heterocycles. The van der Waals surface area contributed by atoms with Crippen LogP contribution >= 0.6 is 7.92 Å². The van der Waals surface area contributed by atoms with Crippen LogP contribution < -0.4 is 20.1 Å². The summed E-state index contributed by atoms with van der Waals surface area (Å²) < 4.78 is 22.7. The van der Waals surface area contributed by atoms with Crippen molar-refractivity contribution in [3.63, 3.8) is 0 Å². The summed E-state index contributed by atoms with van der Waals surface area (Å²) in [5.41, 5.74) is 0. The molecule has 0 N–H and O–H groups in total. The molecule has 0 amide bonds. The Morgan fingerprint density at radius 2 is 1.09 bits per heavy atom. The second kappa shape index (κ2) is 10.8. The number of hydrogen-bond acceptors (Lipinski definition) is 4. The molecule has 0 saturated carbocycles. The number of hydrogen-bond donors (Lipinski definition) is 0. The van der Waals surface area contributed by atoms with Crippen LogP contribution in [0.2, 0.25) is 0 Å². The van der Waals surface area contributed by atoms with E-state index >= 15 is 0 Å². The topological polar surface area (TPSA) is 36.9 Å². The SMILES string of the molecule is CCCP(c1c(OCOC)ccc2ccccc12)c1c(OCOC)ccc2ccccc12. The molecule has 0 unspecified atom stereocenters. The van der Waals surface area contributed by atoms with Crippen LogP contribution in [0.3, 0.4) is 0 Å². The molecule has 32 heavy (non-hydrogen) atoms. The van der Waals surface area contributed by atoms with Gasteiger partial charge in [-0.25, -0.2) is 0 Å². The van der Waals surface area contributed by atoms with E-state index in [1.54, 1.807) is 14.2 Å². The van der Waals surface area contributed by atoms with E-state index in [9.17, 15) is 0 Å². The van der Waals surface area contributed by atoms with Crippen molar-refractivity contribution >= 4 is 40.1 Å². The third-order valence-electron chi connectivity index (χ3n) is 5.38. The van der Waals surface area contributed by atoms with Crippen molar-refractivity contribution in [2.75, 3.05) is 34.0 Å². The van der Waals surface area contributed by atoms with Gasteiger partial charge in [-0.3, -0.25) is 0 Å². The Labute approximate surface area is 190 Å². The zero-order valence-corrected chi connectivity index (χ0v) is 19.7. The molecule has 0 aliphatic carbocycles. The number of ether oxygens (including phenoxy) is 4. The van der Waals surface area contributed by atoms with Gasteiger partial charge < -0.3 is 18.9 Å². The number of rotatable bonds is 10. The van der Waals surface area contributed by atoms with Gasteiger partial charge in [-0.15, -0.1) is 0 Å². The van der Waals surface area contributed by atoms with E-state index in [0.717, 1.165) is 24.1 Å². The third kappa shape index (κ3) is 4.59. The Bertz CT molecular complexity index is 1100. The van der Waals surface area contributed by atoms with Gasteiger partial charge in [0.05, 0.1) is 0 Å². The molecule has 0 bridgehead atoms. The van der Waals surface area contributed by atoms with Crippen molar-refractivity contribution in [1.29, 1.82) is 0 Å². The number of methoxy groups -OCH3 is 2. The van der Waals surface area contributed by atoms with Crippen molar-refractivity contribution in [1.82, 2.24) is 0 Å². The molecule has 0 fully saturated rings. The highest BCUT2D eigenvalue weighted by Gasteiger charge is 2.25. The standard InChI is InChI=1S/C27H29O4P/c1-4-17-32(26-22-11-7-5-9-20(22)13-15-24(26)30-18-28-2)27-23-12-8-6-10-21(23)14-16-25(27)31-19-29-3/h5-16H,4,17-19H2,1-3H3. The largest absolute Gasteiger partial charge is 0.467 e. The molecule has 166 valence electrons. The molecular formula is C27H29O4P. The van der Waals surface area contributed by atoms with E-state index in [2.05, 4.69) is 79.7 Å². The third-order valence-corrected chi connectivity index (χ3v) is 8.28. The van der Waals surface area contributed by atoms with Crippen molar-refractivity contribution in [2.45, 2.75) is 13.3 Å². The summed E-state index contributed by atoms with van der Waals surface area (Å²) in [4.78, 5) is 0. The zero-order valence-electron chi connectivity index (χ0n) is 18.8. The van der Waals surface area contributed by atoms with Crippen molar-refractivity contribution in [3.8, 4) is 11.5 Å². The Balaban J connectivity index is 2.01. The first-order valence-electron chi connectivity index (χ1n) is 10.8. The van der Waals surface area contributed by atoms with Crippen LogP contribution in [0.4, 0.5) is 0 Å². The smallest absolute Gasteiger partial charge is 0.188 e. The minimum atomic E-state index is -0.786. The molecule has 0 aliphatic rings. The molecular weight excluding hydrogens is 419 g/mol. The quantitative estimate of drug-likeness (QED) is 0.227. The highest BCUT2D eigenvalue weighted by molar-refractivity contribution is 7.74. The van der Waals surface area contributed by atoms with Crippen LogP contribution in [-0.2, 0) is 9.47 Å². The van der Waals surface area contributed by atoms with Crippen LogP contribution in [0.5, 0.6) is 11.5 Å². The molecule has 4 nitrogen and oxygen atoms in total. The Morgan fingerprint density at radius 1 is 0.625 bits per heavy atom. The predicted molar refractivity (Wildman–Crippen MR) is 134 cm³/mol. The maximum absolute atomic E-state index is 6.10. The average molecular weight is 448 g/mol. The van der Waals surface area contributed by atoms with Gasteiger partial charge in [-0.05, 0) is 47.8 Å². The lowest BCUT2D eigenvalue weighted by Gasteiger charge is -2.26. The van der Waals surface area contributed by atoms with Gasteiger partial charge >= 0.3 is 0 Å². The number of fused-ring (bicyclic) bond motifs is 2. The summed E-state index contributed by atoms with van der Waals surface area (Å²) in [5, 5.41) is 7.30. The van der Waals surface area contributed by atoms with E-state index in [4.69, 9.17) is 18.9 Å². The molecule has 0 aliphatic heterocycles. The van der Waals surface area contributed by atoms with E-state index in [-0.39, 0.29) is 13.6 Å². The number of benzene rings is 4. The van der Waals surface area contributed by atoms with E-state index in [0.29, 0.717) is 0 Å². The first-order chi connectivity index (χ1) is 15.8. The first kappa shape index (κ1) is 22.5. The summed E-state index contributed by atoms with van der Waals surface area (Å²) in [7, 11) is 2.51. The van der Waals surface area contributed by atoms with Crippen molar-refractivity contribution in [2.24, 2.45) is 0 Å². The average Bonchev–Trinajstić information content (AvgIpc) is 2.84. The van der Waals surface area contributed by atoms with E-state index in [1.807, 2.05) is 0 Å². The maximum Gasteiger partial charge on any atom is 0.188 e. The summed E-state index contributed by atoms with van der Waals surface area (Å²) in [6.45, 7) is 2.66. The van der Waals surface area contributed by atoms with Gasteiger partial charge in [-0.2, -0.15) is 0 Å². The van der Waals surface area contributed by atoms with Crippen LogP contribution in [-0.4, -0.2) is 34.0 Å². The highest BCUT2D eigenvalue weighted by Crippen LogP contribution is 2.45. The van der Waals surface area contributed by atoms with Crippen LogP contribution in [0.25, 0.3) is 21.5 Å². The normalized spacial score (nSPS) is 11.4. The summed E-state index contributed by atoms with van der Waals surface area (Å²) >= 11 is 0. The van der Waals surface area contributed by atoms with Gasteiger partial charge in [0.1, 0.15) is 11.5 Å². The lowest BCUT2D eigenvalue weighted by atomic mass is 10.1. The van der Waals surface area contributed by atoms with Gasteiger partial charge in [0.2, 0.25) is 0 Å². The van der Waals surface area contributed by atoms with Gasteiger partial charge in [-0.1, -0.05) is 74.0 Å². The molecule has 0 heterocycles. The summed E-state index contributed by atoms with van der Waals surface area (Å²) in [6, 6.07) is 25.4. The lowest BCUT2D eigenvalue weighted by Crippen LogP contribution is -2.21. The second-order valence-electron chi connectivity index (χ2n) is 7.52. The minimum Gasteiger partial charge on any atom is -0.467 e. The van der Waals surface area contributed by atoms with Gasteiger partial charge in [0, 0.05) is 24.8 Å². The fourth-order valence-electron chi connectivity index (χ4n) is 4.06. The molecule has 0 radical (unpaired) electrons. The minimum absolute atomic E-state index is 0.212. The Kier molecular flexibility index (Phi) is 7.59. The molecule has 0 spiro atoms. The van der Waals surface area contributed by atoms with Crippen molar-refractivity contribution < 1.29 is 18.9 Å². The van der Waals surface area contributed by atoms with Crippen molar-refractivity contribution in [3.05, 3.63) is 72.8 Å². The molecule has 4 aromatic carbocycles. The van der Waals surface area contributed by atoms with E-state index in [1.165, 1.54) is 32.2 Å². The Morgan fingerprint density at radius 3 is 1.53 bits per heavy atom. The fourth-order valence-corrected chi connectivity index (χ4v) is 6.98. The molecule has 4 rings (SSSR count). The zero-order chi connectivity index (χ0) is 22.3. The summed E-state index contributed by atoms with van der Waals surface area (Å²) in [6.07, 6.45) is 2.07. The summed E-state index contributed by atoms with van der Waals surface area (Å²) in [5.74, 6) is 1.74. The van der Waals surface area contributed by atoms with Crippen LogP contribution in [0, 0.1) is 0 Å². The Hall–Kier alpha value is -2.65. The lowest BCUT2D eigenvalue weighted by molar-refractivity contribution is 0.0519. The second-order valence-corrected chi connectivity index (χ2v) is 9.72. The van der Waals surface area contributed by atoms with E-state index < -0.39 is 7.92 Å². The van der Waals surface area contributed by atoms with Gasteiger partial charge in [0.25, 0.3) is 0 Å². The fraction of sp³-hybridized carbons (Fsp3) is 0.259. The van der Waals surface area contributed by atoms with Crippen LogP contribution in [0.15, 0.2) is 72.8 Å². The molecule has 5 heteroatoms. The van der Waals surface area contributed by atoms with Crippen LogP contribution in [0.1, 0.15) is 13.3 Å².